The van der Waals surface area contributed by atoms with Crippen LogP contribution in [-0.2, 0) is 12.4 Å². The number of aryl methyl sites for hydroxylation is 1. The van der Waals surface area contributed by atoms with E-state index in [0.717, 1.165) is 36.4 Å². The topological polar surface area (TPSA) is 44.2 Å². The molecule has 3 aromatic rings. The van der Waals surface area contributed by atoms with Gasteiger partial charge in [-0.15, -0.1) is 0 Å². The first kappa shape index (κ1) is 20.4. The van der Waals surface area contributed by atoms with Crippen LogP contribution in [0.4, 0.5) is 26.3 Å². The summed E-state index contributed by atoms with van der Waals surface area (Å²) in [6.45, 7) is 1.57. The Labute approximate surface area is 160 Å². The van der Waals surface area contributed by atoms with Gasteiger partial charge in [-0.2, -0.15) is 31.3 Å². The van der Waals surface area contributed by atoms with Crippen LogP contribution in [0, 0.1) is 6.92 Å². The zero-order valence-corrected chi connectivity index (χ0v) is 14.7. The Morgan fingerprint density at radius 1 is 0.759 bits per heavy atom. The van der Waals surface area contributed by atoms with Crippen LogP contribution in [0.3, 0.4) is 0 Å². The fourth-order valence-corrected chi connectivity index (χ4v) is 2.23. The van der Waals surface area contributed by atoms with Crippen molar-refractivity contribution >= 4 is 0 Å². The van der Waals surface area contributed by atoms with Crippen molar-refractivity contribution < 1.29 is 35.8 Å². The maximum Gasteiger partial charge on any atom is 0.416 e. The fraction of sp³-hybridized carbons (Fsp3) is 0.158. The van der Waals surface area contributed by atoms with Gasteiger partial charge in [0.1, 0.15) is 11.5 Å². The third kappa shape index (κ3) is 5.15. The number of aromatic nitrogens is 2. The summed E-state index contributed by atoms with van der Waals surface area (Å²) in [5.74, 6) is -0.102. The molecule has 3 rings (SSSR count). The highest BCUT2D eigenvalue weighted by molar-refractivity contribution is 5.36. The van der Waals surface area contributed by atoms with Crippen LogP contribution in [0.15, 0.2) is 54.7 Å². The van der Waals surface area contributed by atoms with Gasteiger partial charge in [-0.3, -0.25) is 0 Å². The molecule has 0 atom stereocenters. The first-order valence-electron chi connectivity index (χ1n) is 8.06. The Morgan fingerprint density at radius 3 is 2.03 bits per heavy atom. The zero-order valence-electron chi connectivity index (χ0n) is 14.7. The number of hydrogen-bond acceptors (Lipinski definition) is 4. The third-order valence-electron chi connectivity index (χ3n) is 3.67. The van der Waals surface area contributed by atoms with Gasteiger partial charge < -0.3 is 9.47 Å². The van der Waals surface area contributed by atoms with Crippen molar-refractivity contribution in [3.63, 3.8) is 0 Å². The van der Waals surface area contributed by atoms with E-state index in [0.29, 0.717) is 5.56 Å². The minimum absolute atomic E-state index is 0.0480. The molecule has 0 aliphatic rings. The van der Waals surface area contributed by atoms with Gasteiger partial charge in [0.15, 0.2) is 0 Å². The average molecular weight is 414 g/mol. The van der Waals surface area contributed by atoms with E-state index < -0.39 is 23.5 Å². The molecule has 4 nitrogen and oxygen atoms in total. The minimum atomic E-state index is -4.53. The predicted octanol–water partition coefficient (Wildman–Crippen LogP) is 6.41. The van der Waals surface area contributed by atoms with Crippen molar-refractivity contribution in [2.45, 2.75) is 19.3 Å². The largest absolute Gasteiger partial charge is 0.439 e. The number of hydrogen-bond donors (Lipinski definition) is 0. The highest BCUT2D eigenvalue weighted by Crippen LogP contribution is 2.34. The van der Waals surface area contributed by atoms with E-state index >= 15 is 0 Å². The standard InChI is InChI=1S/C19H12F6N2O2/c1-11-10-26-17(29-14-7-5-12(6-8-14)18(20,21)22)27-16(11)28-15-4-2-3-13(9-15)19(23,24)25/h2-10H,1H3. The van der Waals surface area contributed by atoms with Crippen molar-refractivity contribution in [1.29, 1.82) is 0 Å². The number of nitrogens with zero attached hydrogens (tertiary/aromatic N) is 2. The van der Waals surface area contributed by atoms with Crippen LogP contribution >= 0.6 is 0 Å². The molecule has 0 aliphatic carbocycles. The van der Waals surface area contributed by atoms with E-state index in [4.69, 9.17) is 9.47 Å². The Balaban J connectivity index is 1.80. The lowest BCUT2D eigenvalue weighted by Crippen LogP contribution is -2.05. The van der Waals surface area contributed by atoms with E-state index in [2.05, 4.69) is 9.97 Å². The molecular weight excluding hydrogens is 402 g/mol. The summed E-state index contributed by atoms with van der Waals surface area (Å²) in [5, 5.41) is 0. The predicted molar refractivity (Wildman–Crippen MR) is 89.8 cm³/mol. The normalized spacial score (nSPS) is 12.0. The maximum absolute atomic E-state index is 12.8. The monoisotopic (exact) mass is 414 g/mol. The van der Waals surface area contributed by atoms with Crippen molar-refractivity contribution in [3.8, 4) is 23.4 Å². The lowest BCUT2D eigenvalue weighted by molar-refractivity contribution is -0.138. The Kier molecular flexibility index (Phi) is 5.36. The number of halogens is 6. The Morgan fingerprint density at radius 2 is 1.41 bits per heavy atom. The second-order valence-electron chi connectivity index (χ2n) is 5.89. The first-order chi connectivity index (χ1) is 13.5. The molecule has 0 aliphatic heterocycles. The van der Waals surface area contributed by atoms with Gasteiger partial charge in [-0.1, -0.05) is 6.07 Å². The lowest BCUT2D eigenvalue weighted by Gasteiger charge is -2.12. The zero-order chi connectivity index (χ0) is 21.2. The average Bonchev–Trinajstić information content (AvgIpc) is 2.64. The second kappa shape index (κ2) is 7.61. The molecule has 0 saturated heterocycles. The first-order valence-corrected chi connectivity index (χ1v) is 8.06. The molecule has 29 heavy (non-hydrogen) atoms. The van der Waals surface area contributed by atoms with Gasteiger partial charge in [0.05, 0.1) is 11.1 Å². The van der Waals surface area contributed by atoms with Gasteiger partial charge in [0.2, 0.25) is 5.88 Å². The van der Waals surface area contributed by atoms with Crippen LogP contribution in [0.25, 0.3) is 0 Å². The molecule has 1 aromatic heterocycles. The van der Waals surface area contributed by atoms with Crippen LogP contribution in [-0.4, -0.2) is 9.97 Å². The summed E-state index contributed by atoms with van der Waals surface area (Å²) in [5.41, 5.74) is -1.31. The summed E-state index contributed by atoms with van der Waals surface area (Å²) in [6, 6.07) is 7.86. The number of ether oxygens (including phenoxy) is 2. The van der Waals surface area contributed by atoms with Gasteiger partial charge in [-0.25, -0.2) is 4.98 Å². The molecule has 2 aromatic carbocycles. The van der Waals surface area contributed by atoms with Crippen LogP contribution in [0.2, 0.25) is 0 Å². The molecule has 152 valence electrons. The van der Waals surface area contributed by atoms with E-state index in [9.17, 15) is 26.3 Å². The fourth-order valence-electron chi connectivity index (χ4n) is 2.23. The summed E-state index contributed by atoms with van der Waals surface area (Å²) in [6.07, 6.45) is -7.70. The second-order valence-corrected chi connectivity index (χ2v) is 5.89. The smallest absolute Gasteiger partial charge is 0.416 e. The van der Waals surface area contributed by atoms with Crippen LogP contribution in [0.5, 0.6) is 23.4 Å². The summed E-state index contributed by atoms with van der Waals surface area (Å²) in [4.78, 5) is 7.86. The van der Waals surface area contributed by atoms with Crippen molar-refractivity contribution in [2.75, 3.05) is 0 Å². The van der Waals surface area contributed by atoms with Gasteiger partial charge >= 0.3 is 18.4 Å². The summed E-state index contributed by atoms with van der Waals surface area (Å²) < 4.78 is 87.0. The SMILES string of the molecule is Cc1cnc(Oc2ccc(C(F)(F)F)cc2)nc1Oc1cccc(C(F)(F)F)c1. The summed E-state index contributed by atoms with van der Waals surface area (Å²) in [7, 11) is 0. The van der Waals surface area contributed by atoms with E-state index in [1.165, 1.54) is 18.3 Å². The molecular formula is C19H12F6N2O2. The van der Waals surface area contributed by atoms with E-state index in [1.54, 1.807) is 6.92 Å². The number of rotatable bonds is 4. The lowest BCUT2D eigenvalue weighted by atomic mass is 10.2. The molecule has 0 N–H and O–H groups in total. The van der Waals surface area contributed by atoms with Gasteiger partial charge in [-0.05, 0) is 49.4 Å². The molecule has 0 fully saturated rings. The highest BCUT2D eigenvalue weighted by Gasteiger charge is 2.31. The quantitative estimate of drug-likeness (QED) is 0.463. The maximum atomic E-state index is 12.8. The molecule has 1 heterocycles. The molecule has 0 spiro atoms. The third-order valence-corrected chi connectivity index (χ3v) is 3.67. The molecule has 0 radical (unpaired) electrons. The number of benzene rings is 2. The molecule has 10 heteroatoms. The Hall–Kier alpha value is -3.30. The minimum Gasteiger partial charge on any atom is -0.439 e. The highest BCUT2D eigenvalue weighted by atomic mass is 19.4. The molecule has 0 amide bonds. The van der Waals surface area contributed by atoms with Crippen molar-refractivity contribution in [1.82, 2.24) is 9.97 Å². The van der Waals surface area contributed by atoms with Gasteiger partial charge in [0, 0.05) is 11.8 Å². The Bertz CT molecular complexity index is 1000. The van der Waals surface area contributed by atoms with Crippen molar-refractivity contribution in [2.24, 2.45) is 0 Å². The van der Waals surface area contributed by atoms with Crippen LogP contribution in [0.1, 0.15) is 16.7 Å². The van der Waals surface area contributed by atoms with Crippen LogP contribution < -0.4 is 9.47 Å². The molecule has 0 bridgehead atoms. The van der Waals surface area contributed by atoms with E-state index in [-0.39, 0.29) is 23.4 Å². The summed E-state index contributed by atoms with van der Waals surface area (Å²) >= 11 is 0. The van der Waals surface area contributed by atoms with E-state index in [1.807, 2.05) is 0 Å². The number of alkyl halides is 6. The molecule has 0 saturated carbocycles. The van der Waals surface area contributed by atoms with Gasteiger partial charge in [0.25, 0.3) is 0 Å². The van der Waals surface area contributed by atoms with Crippen molar-refractivity contribution in [3.05, 3.63) is 71.4 Å². The molecule has 0 unspecified atom stereocenters.